The molecule has 1 amide bonds. The fourth-order valence-corrected chi connectivity index (χ4v) is 4.39. The number of aromatic nitrogens is 2. The van der Waals surface area contributed by atoms with E-state index < -0.39 is 5.82 Å². The molecule has 8 heteroatoms. The first kappa shape index (κ1) is 54.3. The second-order valence-electron chi connectivity index (χ2n) is 14.1. The van der Waals surface area contributed by atoms with Crippen LogP contribution in [0, 0.1) is 43.8 Å². The van der Waals surface area contributed by atoms with Crippen LogP contribution in [0.25, 0.3) is 0 Å². The number of rotatable bonds is 14. The minimum atomic E-state index is -0.443. The molecule has 0 fully saturated rings. The minimum absolute atomic E-state index is 0.0913. The predicted octanol–water partition coefficient (Wildman–Crippen LogP) is 14.2. The van der Waals surface area contributed by atoms with E-state index >= 15 is 0 Å². The van der Waals surface area contributed by atoms with Gasteiger partial charge in [-0.15, -0.1) is 0 Å². The summed E-state index contributed by atoms with van der Waals surface area (Å²) < 4.78 is 24.0. The lowest BCUT2D eigenvalue weighted by Crippen LogP contribution is -2.10. The highest BCUT2D eigenvalue weighted by molar-refractivity contribution is 5.93. The van der Waals surface area contributed by atoms with Crippen molar-refractivity contribution in [3.63, 3.8) is 0 Å². The Morgan fingerprint density at radius 1 is 0.912 bits per heavy atom. The van der Waals surface area contributed by atoms with Crippen molar-refractivity contribution in [1.29, 1.82) is 5.26 Å². The molecule has 2 aromatic carbocycles. The first-order valence-electron chi connectivity index (χ1n) is 20.9. The number of carbonyl (C=O) groups excluding carboxylic acids is 1. The third-order valence-electron chi connectivity index (χ3n) is 8.76. The third kappa shape index (κ3) is 29.2. The number of hydrogen-bond acceptors (Lipinski definition) is 6. The van der Waals surface area contributed by atoms with Crippen LogP contribution >= 0.6 is 0 Å². The predicted molar refractivity (Wildman–Crippen MR) is 238 cm³/mol. The molecule has 316 valence electrons. The van der Waals surface area contributed by atoms with Crippen molar-refractivity contribution >= 4 is 5.91 Å². The Kier molecular flexibility index (Phi) is 34.0. The number of halogens is 1. The Morgan fingerprint density at radius 3 is 2.02 bits per heavy atom. The van der Waals surface area contributed by atoms with E-state index in [9.17, 15) is 9.18 Å². The van der Waals surface area contributed by atoms with Crippen LogP contribution in [0.4, 0.5) is 4.39 Å². The van der Waals surface area contributed by atoms with Gasteiger partial charge in [0.25, 0.3) is 0 Å². The molecule has 0 spiro atoms. The van der Waals surface area contributed by atoms with Gasteiger partial charge in [0.1, 0.15) is 18.7 Å². The summed E-state index contributed by atoms with van der Waals surface area (Å²) in [6.45, 7) is 25.7. The molecule has 2 N–H and O–H groups in total. The number of nitriles is 1. The van der Waals surface area contributed by atoms with Gasteiger partial charge in [0, 0.05) is 29.3 Å². The molecule has 4 rings (SSSR count). The average Bonchev–Trinajstić information content (AvgIpc) is 3.74. The fourth-order valence-electron chi connectivity index (χ4n) is 4.39. The molecule has 0 aliphatic carbocycles. The zero-order valence-electron chi connectivity index (χ0n) is 37.5. The standard InChI is InChI=1S/C14H11FN2O.C9H11NO.C9H18.C7H11NO.C6H14.C4H10/c1-10-3-2-4-14(17-10)18-9-12-6-5-11(8-16)7-13(12)15;1-6-3-4-8(9(10)11)5-7(6)2;1-5-8(3)7-9(4)6-2;1-2-3-4-7-8-5-6-9-7;1-3-5-6-4-2;1-3-4-2/h2-7H,9H2,1H3;3-5H,1-2H3,(H2,10,11);5,9H,6-7H2,1-4H3;5-6H,2-4H2,1H3;3-6H2,1-2H3;3-4H2,1-2H3/b;;8-5+;;;. The van der Waals surface area contributed by atoms with Crippen LogP contribution in [-0.4, -0.2) is 15.9 Å². The van der Waals surface area contributed by atoms with E-state index in [2.05, 4.69) is 78.4 Å². The molecule has 0 aliphatic rings. The van der Waals surface area contributed by atoms with Gasteiger partial charge in [0.05, 0.1) is 17.8 Å². The van der Waals surface area contributed by atoms with Crippen LogP contribution in [-0.2, 0) is 13.0 Å². The first-order valence-corrected chi connectivity index (χ1v) is 20.9. The molecule has 1 atom stereocenters. The normalized spacial score (nSPS) is 10.5. The lowest BCUT2D eigenvalue weighted by molar-refractivity contribution is 0.1000. The average molecular weight is 787 g/mol. The van der Waals surface area contributed by atoms with Crippen molar-refractivity contribution in [1.82, 2.24) is 9.97 Å². The minimum Gasteiger partial charge on any atom is -0.473 e. The Balaban J connectivity index is 0. The van der Waals surface area contributed by atoms with Crippen molar-refractivity contribution in [2.75, 3.05) is 0 Å². The molecule has 2 heterocycles. The topological polar surface area (TPSA) is 115 Å². The van der Waals surface area contributed by atoms with E-state index in [1.807, 2.05) is 45.0 Å². The van der Waals surface area contributed by atoms with Crippen LogP contribution in [0.3, 0.4) is 0 Å². The number of amides is 1. The summed E-state index contributed by atoms with van der Waals surface area (Å²) in [5.74, 6) is 1.37. The van der Waals surface area contributed by atoms with E-state index in [1.54, 1.807) is 42.8 Å². The summed E-state index contributed by atoms with van der Waals surface area (Å²) in [5.41, 5.74) is 11.0. The van der Waals surface area contributed by atoms with E-state index in [4.69, 9.17) is 20.1 Å². The lowest BCUT2D eigenvalue weighted by atomic mass is 10.00. The number of nitrogens with zero attached hydrogens (tertiary/aromatic N) is 3. The van der Waals surface area contributed by atoms with Gasteiger partial charge in [-0.1, -0.05) is 130 Å². The monoisotopic (exact) mass is 787 g/mol. The number of primary amides is 1. The Bertz CT molecular complexity index is 1660. The number of oxazole rings is 1. The summed E-state index contributed by atoms with van der Waals surface area (Å²) in [6, 6.07) is 17.0. The van der Waals surface area contributed by atoms with Crippen molar-refractivity contribution in [2.24, 2.45) is 11.7 Å². The smallest absolute Gasteiger partial charge is 0.248 e. The Hall–Kier alpha value is -4.77. The summed E-state index contributed by atoms with van der Waals surface area (Å²) in [5, 5.41) is 8.63. The molecule has 1 unspecified atom stereocenters. The zero-order chi connectivity index (χ0) is 43.4. The van der Waals surface area contributed by atoms with Crippen LogP contribution in [0.15, 0.2) is 83.1 Å². The molecule has 0 saturated heterocycles. The van der Waals surface area contributed by atoms with Crippen molar-refractivity contribution in [3.8, 4) is 11.9 Å². The lowest BCUT2D eigenvalue weighted by Gasteiger charge is -2.06. The maximum atomic E-state index is 13.6. The van der Waals surface area contributed by atoms with Gasteiger partial charge in [-0.2, -0.15) is 5.26 Å². The molecule has 0 saturated carbocycles. The number of carbonyl (C=O) groups is 1. The highest BCUT2D eigenvalue weighted by Crippen LogP contribution is 2.15. The molecular weight excluding hydrogens is 712 g/mol. The summed E-state index contributed by atoms with van der Waals surface area (Å²) >= 11 is 0. The molecule has 0 radical (unpaired) electrons. The summed E-state index contributed by atoms with van der Waals surface area (Å²) in [4.78, 5) is 18.8. The van der Waals surface area contributed by atoms with Crippen molar-refractivity contribution in [2.45, 2.75) is 160 Å². The van der Waals surface area contributed by atoms with Gasteiger partial charge in [-0.3, -0.25) is 4.79 Å². The number of hydrogen-bond donors (Lipinski definition) is 1. The zero-order valence-corrected chi connectivity index (χ0v) is 37.5. The number of allylic oxidation sites excluding steroid dienone is 2. The van der Waals surface area contributed by atoms with Crippen LogP contribution in [0.2, 0.25) is 0 Å². The molecule has 0 aliphatic heterocycles. The number of ether oxygens (including phenoxy) is 1. The molecular formula is C49H75FN4O3. The number of pyridine rings is 1. The highest BCUT2D eigenvalue weighted by atomic mass is 19.1. The maximum absolute atomic E-state index is 13.6. The molecule has 4 aromatic rings. The number of benzene rings is 2. The van der Waals surface area contributed by atoms with Crippen LogP contribution in [0.5, 0.6) is 5.88 Å². The van der Waals surface area contributed by atoms with E-state index in [0.717, 1.165) is 29.5 Å². The number of aryl methyl sites for hydroxylation is 4. The summed E-state index contributed by atoms with van der Waals surface area (Å²) in [6.07, 6.45) is 19.6. The van der Waals surface area contributed by atoms with Gasteiger partial charge >= 0.3 is 0 Å². The third-order valence-corrected chi connectivity index (χ3v) is 8.76. The van der Waals surface area contributed by atoms with E-state index in [0.29, 0.717) is 22.6 Å². The van der Waals surface area contributed by atoms with E-state index in [1.165, 1.54) is 81.4 Å². The van der Waals surface area contributed by atoms with Gasteiger partial charge < -0.3 is 14.9 Å². The van der Waals surface area contributed by atoms with Gasteiger partial charge in [0.15, 0.2) is 5.89 Å². The van der Waals surface area contributed by atoms with Gasteiger partial charge in [-0.05, 0) is 94.8 Å². The molecule has 57 heavy (non-hydrogen) atoms. The van der Waals surface area contributed by atoms with Gasteiger partial charge in [0.2, 0.25) is 11.8 Å². The van der Waals surface area contributed by atoms with Crippen molar-refractivity contribution < 1.29 is 18.3 Å². The maximum Gasteiger partial charge on any atom is 0.248 e. The van der Waals surface area contributed by atoms with Crippen LogP contribution < -0.4 is 10.5 Å². The Labute approximate surface area is 346 Å². The molecule has 2 aromatic heterocycles. The Morgan fingerprint density at radius 2 is 1.56 bits per heavy atom. The fraction of sp³-hybridized carbons (Fsp3) is 0.510. The van der Waals surface area contributed by atoms with Crippen molar-refractivity contribution in [3.05, 3.63) is 124 Å². The van der Waals surface area contributed by atoms with Crippen LogP contribution in [0.1, 0.15) is 171 Å². The number of unbranched alkanes of at least 4 members (excludes halogenated alkanes) is 5. The SMILES string of the molecule is C/C=C(\C)CC(C)CC.CCCC.CCCCCC.CCCCc1ncco1.Cc1ccc(C(N)=O)cc1C.Cc1cccc(OCc2ccc(C#N)cc2F)n1. The first-order chi connectivity index (χ1) is 27.3. The summed E-state index contributed by atoms with van der Waals surface area (Å²) in [7, 11) is 0. The molecule has 0 bridgehead atoms. The number of nitrogens with two attached hydrogens (primary N) is 1. The highest BCUT2D eigenvalue weighted by Gasteiger charge is 2.05. The largest absolute Gasteiger partial charge is 0.473 e. The second kappa shape index (κ2) is 35.6. The van der Waals surface area contributed by atoms with E-state index in [-0.39, 0.29) is 12.5 Å². The second-order valence-corrected chi connectivity index (χ2v) is 14.1. The molecule has 7 nitrogen and oxygen atoms in total. The quantitative estimate of drug-likeness (QED) is 0.100. The van der Waals surface area contributed by atoms with Gasteiger partial charge in [-0.25, -0.2) is 14.4 Å².